The van der Waals surface area contributed by atoms with Crippen molar-refractivity contribution < 1.29 is 0 Å². The lowest BCUT2D eigenvalue weighted by atomic mass is 10.1. The molecule has 2 rings (SSSR count). The van der Waals surface area contributed by atoms with Crippen LogP contribution < -0.4 is 5.73 Å². The van der Waals surface area contributed by atoms with Gasteiger partial charge >= 0.3 is 0 Å². The average molecular weight is 238 g/mol. The van der Waals surface area contributed by atoms with E-state index < -0.39 is 0 Å². The number of hydrogen-bond acceptors (Lipinski definition) is 3. The molecule has 2 N–H and O–H groups in total. The zero-order valence-corrected chi connectivity index (χ0v) is 11.1. The third-order valence-corrected chi connectivity index (χ3v) is 5.04. The van der Waals surface area contributed by atoms with Crippen molar-refractivity contribution in [2.45, 2.75) is 32.7 Å². The molecule has 0 bridgehead atoms. The SMILES string of the molecule is CCc1ccc(C(C)N2CCC(CN)C2)s1. The zero-order chi connectivity index (χ0) is 11.5. The van der Waals surface area contributed by atoms with E-state index >= 15 is 0 Å². The quantitative estimate of drug-likeness (QED) is 0.874. The van der Waals surface area contributed by atoms with Gasteiger partial charge in [-0.25, -0.2) is 0 Å². The second-order valence-electron chi connectivity index (χ2n) is 4.72. The Morgan fingerprint density at radius 2 is 2.38 bits per heavy atom. The van der Waals surface area contributed by atoms with Crippen LogP contribution in [0.25, 0.3) is 0 Å². The van der Waals surface area contributed by atoms with Crippen LogP contribution in [0.5, 0.6) is 0 Å². The first-order valence-corrected chi connectivity index (χ1v) is 7.09. The van der Waals surface area contributed by atoms with Crippen LogP contribution in [-0.2, 0) is 6.42 Å². The molecule has 2 unspecified atom stereocenters. The van der Waals surface area contributed by atoms with Gasteiger partial charge in [0.05, 0.1) is 0 Å². The van der Waals surface area contributed by atoms with E-state index in [9.17, 15) is 0 Å². The Hall–Kier alpha value is -0.380. The van der Waals surface area contributed by atoms with Crippen molar-refractivity contribution in [2.75, 3.05) is 19.6 Å². The average Bonchev–Trinajstić information content (AvgIpc) is 2.97. The van der Waals surface area contributed by atoms with E-state index in [0.29, 0.717) is 12.0 Å². The number of rotatable bonds is 4. The molecule has 90 valence electrons. The number of nitrogens with two attached hydrogens (primary N) is 1. The van der Waals surface area contributed by atoms with Crippen molar-refractivity contribution >= 4 is 11.3 Å². The minimum atomic E-state index is 0.571. The van der Waals surface area contributed by atoms with Crippen molar-refractivity contribution in [1.82, 2.24) is 4.90 Å². The van der Waals surface area contributed by atoms with Crippen molar-refractivity contribution in [2.24, 2.45) is 11.7 Å². The summed E-state index contributed by atoms with van der Waals surface area (Å²) in [4.78, 5) is 5.58. The second-order valence-corrected chi connectivity index (χ2v) is 5.92. The highest BCUT2D eigenvalue weighted by Gasteiger charge is 2.26. The first-order valence-electron chi connectivity index (χ1n) is 6.27. The van der Waals surface area contributed by atoms with Crippen molar-refractivity contribution in [3.8, 4) is 0 Å². The van der Waals surface area contributed by atoms with Crippen molar-refractivity contribution in [1.29, 1.82) is 0 Å². The molecule has 3 heteroatoms. The summed E-state index contributed by atoms with van der Waals surface area (Å²) in [6.45, 7) is 7.78. The predicted molar refractivity (Wildman–Crippen MR) is 70.8 cm³/mol. The van der Waals surface area contributed by atoms with Crippen LogP contribution in [0.15, 0.2) is 12.1 Å². The van der Waals surface area contributed by atoms with Gasteiger partial charge in [-0.15, -0.1) is 11.3 Å². The molecule has 2 heterocycles. The lowest BCUT2D eigenvalue weighted by molar-refractivity contribution is 0.257. The third kappa shape index (κ3) is 2.47. The van der Waals surface area contributed by atoms with E-state index in [1.807, 2.05) is 11.3 Å². The standard InChI is InChI=1S/C13H22N2S/c1-3-12-4-5-13(16-12)10(2)15-7-6-11(8-14)9-15/h4-5,10-11H,3,6-9,14H2,1-2H3. The first kappa shape index (κ1) is 12.1. The van der Waals surface area contributed by atoms with Gasteiger partial charge in [0.2, 0.25) is 0 Å². The second kappa shape index (κ2) is 5.30. The molecule has 0 aliphatic carbocycles. The van der Waals surface area contributed by atoms with Gasteiger partial charge in [-0.3, -0.25) is 4.90 Å². The number of thiophene rings is 1. The molecule has 0 saturated carbocycles. The normalized spacial score (nSPS) is 23.8. The Labute approximate surface area is 102 Å². The maximum absolute atomic E-state index is 5.74. The molecule has 2 nitrogen and oxygen atoms in total. The molecule has 2 atom stereocenters. The van der Waals surface area contributed by atoms with Gasteiger partial charge in [0.25, 0.3) is 0 Å². The fourth-order valence-electron chi connectivity index (χ4n) is 2.40. The smallest absolute Gasteiger partial charge is 0.0413 e. The maximum atomic E-state index is 5.74. The number of likely N-dealkylation sites (tertiary alicyclic amines) is 1. The molecule has 0 aromatic carbocycles. The fraction of sp³-hybridized carbons (Fsp3) is 0.692. The predicted octanol–water partition coefficient (Wildman–Crippen LogP) is 2.65. The fourth-order valence-corrected chi connectivity index (χ4v) is 3.43. The Bertz CT molecular complexity index is 334. The lowest BCUT2D eigenvalue weighted by Gasteiger charge is -2.23. The van der Waals surface area contributed by atoms with Crippen LogP contribution in [0, 0.1) is 5.92 Å². The molecule has 1 saturated heterocycles. The highest BCUT2D eigenvalue weighted by atomic mass is 32.1. The minimum Gasteiger partial charge on any atom is -0.330 e. The zero-order valence-electron chi connectivity index (χ0n) is 10.3. The van der Waals surface area contributed by atoms with E-state index in [2.05, 4.69) is 30.9 Å². The molecule has 0 spiro atoms. The van der Waals surface area contributed by atoms with Crippen LogP contribution in [-0.4, -0.2) is 24.5 Å². The minimum absolute atomic E-state index is 0.571. The van der Waals surface area contributed by atoms with Gasteiger partial charge in [0.1, 0.15) is 0 Å². The maximum Gasteiger partial charge on any atom is 0.0413 e. The molecular formula is C13H22N2S. The number of hydrogen-bond donors (Lipinski definition) is 1. The van der Waals surface area contributed by atoms with Crippen LogP contribution >= 0.6 is 11.3 Å². The molecule has 1 fully saturated rings. The van der Waals surface area contributed by atoms with Crippen LogP contribution in [0.2, 0.25) is 0 Å². The summed E-state index contributed by atoms with van der Waals surface area (Å²) in [7, 11) is 0. The highest BCUT2D eigenvalue weighted by molar-refractivity contribution is 7.12. The van der Waals surface area contributed by atoms with Gasteiger partial charge in [0, 0.05) is 22.3 Å². The summed E-state index contributed by atoms with van der Waals surface area (Å²) in [5.74, 6) is 0.716. The lowest BCUT2D eigenvalue weighted by Crippen LogP contribution is -2.25. The highest BCUT2D eigenvalue weighted by Crippen LogP contribution is 2.31. The Morgan fingerprint density at radius 3 is 2.94 bits per heavy atom. The topological polar surface area (TPSA) is 29.3 Å². The third-order valence-electron chi connectivity index (χ3n) is 3.64. The van der Waals surface area contributed by atoms with E-state index in [0.717, 1.165) is 13.0 Å². The summed E-state index contributed by atoms with van der Waals surface area (Å²) in [5, 5.41) is 0. The monoisotopic (exact) mass is 238 g/mol. The molecule has 1 aliphatic heterocycles. The molecule has 1 aliphatic rings. The van der Waals surface area contributed by atoms with Gasteiger partial charge in [0.15, 0.2) is 0 Å². The first-order chi connectivity index (χ1) is 7.74. The molecule has 1 aromatic rings. The number of aryl methyl sites for hydroxylation is 1. The van der Waals surface area contributed by atoms with Gasteiger partial charge in [-0.2, -0.15) is 0 Å². The van der Waals surface area contributed by atoms with E-state index in [1.165, 1.54) is 29.3 Å². The molecule has 0 radical (unpaired) electrons. The van der Waals surface area contributed by atoms with Crippen LogP contribution in [0.4, 0.5) is 0 Å². The molecule has 0 amide bonds. The Balaban J connectivity index is 1.99. The molecular weight excluding hydrogens is 216 g/mol. The van der Waals surface area contributed by atoms with Gasteiger partial charge in [-0.1, -0.05) is 6.92 Å². The largest absolute Gasteiger partial charge is 0.330 e. The van der Waals surface area contributed by atoms with Crippen molar-refractivity contribution in [3.05, 3.63) is 21.9 Å². The summed E-state index contributed by atoms with van der Waals surface area (Å²) in [6, 6.07) is 5.14. The summed E-state index contributed by atoms with van der Waals surface area (Å²) < 4.78 is 0. The molecule has 1 aromatic heterocycles. The summed E-state index contributed by atoms with van der Waals surface area (Å²) in [6.07, 6.45) is 2.43. The summed E-state index contributed by atoms with van der Waals surface area (Å²) >= 11 is 1.96. The van der Waals surface area contributed by atoms with E-state index in [1.54, 1.807) is 0 Å². The van der Waals surface area contributed by atoms with Crippen molar-refractivity contribution in [3.63, 3.8) is 0 Å². The summed E-state index contributed by atoms with van der Waals surface area (Å²) in [5.41, 5.74) is 5.74. The van der Waals surface area contributed by atoms with Crippen LogP contribution in [0.3, 0.4) is 0 Å². The van der Waals surface area contributed by atoms with Crippen LogP contribution in [0.1, 0.15) is 36.1 Å². The Morgan fingerprint density at radius 1 is 1.56 bits per heavy atom. The number of nitrogens with zero attached hydrogens (tertiary/aromatic N) is 1. The Kier molecular flexibility index (Phi) is 4.00. The van der Waals surface area contributed by atoms with Gasteiger partial charge in [-0.05, 0) is 50.9 Å². The van der Waals surface area contributed by atoms with E-state index in [4.69, 9.17) is 5.73 Å². The van der Waals surface area contributed by atoms with Gasteiger partial charge < -0.3 is 5.73 Å². The van der Waals surface area contributed by atoms with E-state index in [-0.39, 0.29) is 0 Å². The molecule has 16 heavy (non-hydrogen) atoms.